The summed E-state index contributed by atoms with van der Waals surface area (Å²) in [5.74, 6) is -1.18. The van der Waals surface area contributed by atoms with Crippen molar-refractivity contribution in [2.45, 2.75) is 87.7 Å². The monoisotopic (exact) mass is 619 g/mol. The highest BCUT2D eigenvalue weighted by Gasteiger charge is 2.61. The van der Waals surface area contributed by atoms with E-state index in [2.05, 4.69) is 16.0 Å². The molecule has 41 heavy (non-hydrogen) atoms. The molecule has 0 radical (unpaired) electrons. The summed E-state index contributed by atoms with van der Waals surface area (Å²) in [6.07, 6.45) is 0.687. The number of carbonyl (C=O) groups excluding carboxylic acids is 2. The predicted octanol–water partition coefficient (Wildman–Crippen LogP) is 4.60. The Morgan fingerprint density at radius 3 is 2.44 bits per heavy atom. The molecule has 3 fully saturated rings. The topological polar surface area (TPSA) is 97.9 Å². The lowest BCUT2D eigenvalue weighted by atomic mass is 9.80. The molecule has 0 bridgehead atoms. The lowest BCUT2D eigenvalue weighted by Crippen LogP contribution is -2.71. The Labute approximate surface area is 247 Å². The fourth-order valence-electron chi connectivity index (χ4n) is 6.41. The number of piperidine rings is 1. The third-order valence-corrected chi connectivity index (χ3v) is 10.4. The van der Waals surface area contributed by atoms with Crippen molar-refractivity contribution >= 4 is 35.2 Å². The molecular weight excluding hydrogens is 583 g/mol. The van der Waals surface area contributed by atoms with Crippen LogP contribution in [0.3, 0.4) is 0 Å². The standard InChI is InChI=1S/C28H37ClF3N3O5S/c1-14-9-21(41-4)19(25(37)34-14)11-33-24(36)18-10-20(29)23-22(15(18)2)39-26(3,40-23)16-5-7-17(8-6-16)35-27(12-38-13-27)28(30,31)32/h10,14,16-17,19,21,35H,5-9,11-13H2,1-4H3,(H,33,36)(H,34,37). The van der Waals surface area contributed by atoms with Crippen LogP contribution in [0.5, 0.6) is 11.5 Å². The normalized spacial score (nSPS) is 32.7. The van der Waals surface area contributed by atoms with E-state index in [4.69, 9.17) is 25.8 Å². The number of amides is 2. The van der Waals surface area contributed by atoms with Crippen molar-refractivity contribution in [3.8, 4) is 11.5 Å². The van der Waals surface area contributed by atoms with Gasteiger partial charge in [-0.05, 0) is 58.3 Å². The Balaban J connectivity index is 1.23. The van der Waals surface area contributed by atoms with E-state index < -0.39 is 17.5 Å². The molecular formula is C28H37ClF3N3O5S. The van der Waals surface area contributed by atoms with Crippen LogP contribution in [-0.4, -0.2) is 72.7 Å². The van der Waals surface area contributed by atoms with Gasteiger partial charge in [0.15, 0.2) is 17.0 Å². The van der Waals surface area contributed by atoms with Crippen molar-refractivity contribution in [2.24, 2.45) is 11.8 Å². The minimum Gasteiger partial charge on any atom is -0.448 e. The maximum atomic E-state index is 13.6. The number of alkyl halides is 3. The van der Waals surface area contributed by atoms with E-state index in [1.165, 1.54) is 0 Å². The number of benzene rings is 1. The zero-order valence-electron chi connectivity index (χ0n) is 23.6. The average Bonchev–Trinajstić information content (AvgIpc) is 3.26. The van der Waals surface area contributed by atoms with Gasteiger partial charge in [-0.2, -0.15) is 24.9 Å². The maximum Gasteiger partial charge on any atom is 0.411 e. The van der Waals surface area contributed by atoms with Crippen LogP contribution in [0.25, 0.3) is 0 Å². The summed E-state index contributed by atoms with van der Waals surface area (Å²) in [5, 5.41) is 9.01. The van der Waals surface area contributed by atoms with E-state index in [-0.39, 0.29) is 65.8 Å². The Morgan fingerprint density at radius 1 is 1.20 bits per heavy atom. The maximum absolute atomic E-state index is 13.6. The number of ether oxygens (including phenoxy) is 3. The lowest BCUT2D eigenvalue weighted by molar-refractivity contribution is -0.271. The van der Waals surface area contributed by atoms with Gasteiger partial charge in [-0.3, -0.25) is 14.9 Å². The van der Waals surface area contributed by atoms with Gasteiger partial charge in [0.05, 0.1) is 24.2 Å². The fourth-order valence-corrected chi connectivity index (χ4v) is 7.67. The molecule has 4 aliphatic rings. The van der Waals surface area contributed by atoms with Gasteiger partial charge in [-0.1, -0.05) is 11.6 Å². The summed E-state index contributed by atoms with van der Waals surface area (Å²) in [7, 11) is 0. The van der Waals surface area contributed by atoms with Crippen LogP contribution in [-0.2, 0) is 9.53 Å². The number of thioether (sulfide) groups is 1. The van der Waals surface area contributed by atoms with Crippen molar-refractivity contribution < 1.29 is 37.0 Å². The summed E-state index contributed by atoms with van der Waals surface area (Å²) in [5.41, 5.74) is -1.07. The number of halogens is 4. The number of hydrogen-bond acceptors (Lipinski definition) is 7. The van der Waals surface area contributed by atoms with Crippen molar-refractivity contribution in [1.82, 2.24) is 16.0 Å². The smallest absolute Gasteiger partial charge is 0.411 e. The van der Waals surface area contributed by atoms with Crippen LogP contribution in [0.15, 0.2) is 6.07 Å². The second kappa shape index (κ2) is 11.3. The van der Waals surface area contributed by atoms with Crippen molar-refractivity contribution in [1.29, 1.82) is 0 Å². The molecule has 228 valence electrons. The van der Waals surface area contributed by atoms with Gasteiger partial charge in [0.25, 0.3) is 11.7 Å². The van der Waals surface area contributed by atoms with Crippen LogP contribution in [0.4, 0.5) is 13.2 Å². The second-order valence-corrected chi connectivity index (χ2v) is 13.4. The molecule has 0 spiro atoms. The first-order valence-corrected chi connectivity index (χ1v) is 15.7. The summed E-state index contributed by atoms with van der Waals surface area (Å²) in [6, 6.07) is 1.36. The Kier molecular flexibility index (Phi) is 8.43. The molecule has 4 atom stereocenters. The molecule has 1 aromatic carbocycles. The summed E-state index contributed by atoms with van der Waals surface area (Å²) < 4.78 is 58.2. The number of hydrogen-bond donors (Lipinski definition) is 3. The highest BCUT2D eigenvalue weighted by molar-refractivity contribution is 7.99. The largest absolute Gasteiger partial charge is 0.448 e. The highest BCUT2D eigenvalue weighted by Crippen LogP contribution is 2.52. The Morgan fingerprint density at radius 2 is 1.85 bits per heavy atom. The van der Waals surface area contributed by atoms with Crippen molar-refractivity contribution in [3.05, 3.63) is 22.2 Å². The molecule has 0 aromatic heterocycles. The van der Waals surface area contributed by atoms with Crippen LogP contribution in [0.2, 0.25) is 5.02 Å². The quantitative estimate of drug-likeness (QED) is 0.410. The van der Waals surface area contributed by atoms with E-state index in [0.717, 1.165) is 6.42 Å². The fraction of sp³-hybridized carbons (Fsp3) is 0.714. The molecule has 3 N–H and O–H groups in total. The Hall–Kier alpha value is -1.89. The van der Waals surface area contributed by atoms with E-state index in [1.54, 1.807) is 24.8 Å². The summed E-state index contributed by atoms with van der Waals surface area (Å²) in [4.78, 5) is 25.8. The molecule has 3 aliphatic heterocycles. The number of nitrogens with one attached hydrogen (secondary N) is 3. The van der Waals surface area contributed by atoms with Crippen LogP contribution < -0.4 is 25.4 Å². The van der Waals surface area contributed by atoms with Crippen LogP contribution >= 0.6 is 23.4 Å². The first-order valence-electron chi connectivity index (χ1n) is 14.0. The number of fused-ring (bicyclic) bond motifs is 1. The van der Waals surface area contributed by atoms with Crippen molar-refractivity contribution in [2.75, 3.05) is 26.0 Å². The predicted molar refractivity (Wildman–Crippen MR) is 150 cm³/mol. The number of rotatable bonds is 7. The summed E-state index contributed by atoms with van der Waals surface area (Å²) in [6.45, 7) is 5.01. The SMILES string of the molecule is CSC1CC(C)NC(=O)C1CNC(=O)c1cc(Cl)c2c(c1C)OC(C)(C1CCC(NC3(C(F)(F)F)COC3)CC1)O2. The van der Waals surface area contributed by atoms with Gasteiger partial charge in [-0.15, -0.1) is 0 Å². The van der Waals surface area contributed by atoms with E-state index in [1.807, 2.05) is 20.1 Å². The lowest BCUT2D eigenvalue weighted by Gasteiger charge is -2.47. The molecule has 13 heteroatoms. The van der Waals surface area contributed by atoms with Gasteiger partial charge in [0.2, 0.25) is 5.91 Å². The molecule has 2 saturated heterocycles. The van der Waals surface area contributed by atoms with E-state index in [0.29, 0.717) is 48.3 Å². The first-order chi connectivity index (χ1) is 19.3. The molecule has 1 aromatic rings. The third-order valence-electron chi connectivity index (χ3n) is 9.03. The molecule has 2 amide bonds. The van der Waals surface area contributed by atoms with Crippen LogP contribution in [0, 0.1) is 18.8 Å². The minimum absolute atomic E-state index is 0.0703. The molecule has 1 aliphatic carbocycles. The zero-order chi connectivity index (χ0) is 29.7. The van der Waals surface area contributed by atoms with E-state index >= 15 is 0 Å². The third kappa shape index (κ3) is 5.73. The molecule has 4 unspecified atom stereocenters. The van der Waals surface area contributed by atoms with Crippen LogP contribution in [0.1, 0.15) is 61.9 Å². The van der Waals surface area contributed by atoms with Gasteiger partial charge < -0.3 is 24.8 Å². The molecule has 8 nitrogen and oxygen atoms in total. The highest BCUT2D eigenvalue weighted by atomic mass is 35.5. The average molecular weight is 620 g/mol. The van der Waals surface area contributed by atoms with Gasteiger partial charge in [-0.25, -0.2) is 0 Å². The first kappa shape index (κ1) is 30.6. The van der Waals surface area contributed by atoms with Crippen molar-refractivity contribution in [3.63, 3.8) is 0 Å². The van der Waals surface area contributed by atoms with E-state index in [9.17, 15) is 22.8 Å². The zero-order valence-corrected chi connectivity index (χ0v) is 25.2. The molecule has 1 saturated carbocycles. The van der Waals surface area contributed by atoms with Gasteiger partial charge in [0, 0.05) is 47.8 Å². The molecule has 5 rings (SSSR count). The second-order valence-electron chi connectivity index (χ2n) is 11.9. The Bertz CT molecular complexity index is 1190. The number of carbonyl (C=O) groups is 2. The van der Waals surface area contributed by atoms with Gasteiger partial charge >= 0.3 is 6.18 Å². The van der Waals surface area contributed by atoms with Gasteiger partial charge in [0.1, 0.15) is 0 Å². The minimum atomic E-state index is -4.37. The summed E-state index contributed by atoms with van der Waals surface area (Å²) >= 11 is 8.19. The molecule has 3 heterocycles.